The zero-order chi connectivity index (χ0) is 16.1. The van der Waals surface area contributed by atoms with E-state index in [1.807, 2.05) is 12.1 Å². The van der Waals surface area contributed by atoms with Gasteiger partial charge in [0.1, 0.15) is 11.0 Å². The SMILES string of the molecule is CCCOC1(CNC(=O)c2cccc3n[nH]nc23)CCCCC1. The molecular formula is C17H24N4O2. The van der Waals surface area contributed by atoms with Gasteiger partial charge in [-0.05, 0) is 31.4 Å². The Morgan fingerprint density at radius 2 is 2.13 bits per heavy atom. The molecule has 1 aromatic heterocycles. The van der Waals surface area contributed by atoms with Crippen molar-refractivity contribution in [1.29, 1.82) is 0 Å². The van der Waals surface area contributed by atoms with Crippen LogP contribution in [0.1, 0.15) is 55.8 Å². The number of aromatic nitrogens is 3. The van der Waals surface area contributed by atoms with Gasteiger partial charge in [-0.25, -0.2) is 0 Å². The molecule has 0 aliphatic heterocycles. The number of H-pyrrole nitrogens is 1. The third kappa shape index (κ3) is 3.52. The summed E-state index contributed by atoms with van der Waals surface area (Å²) in [4.78, 5) is 12.6. The number of hydrogen-bond acceptors (Lipinski definition) is 4. The topological polar surface area (TPSA) is 79.9 Å². The number of carbonyl (C=O) groups is 1. The lowest BCUT2D eigenvalue weighted by Crippen LogP contribution is -2.46. The molecule has 0 radical (unpaired) electrons. The number of para-hydroxylation sites is 1. The number of carbonyl (C=O) groups excluding carboxylic acids is 1. The summed E-state index contributed by atoms with van der Waals surface area (Å²) in [6, 6.07) is 5.44. The predicted octanol–water partition coefficient (Wildman–Crippen LogP) is 2.82. The summed E-state index contributed by atoms with van der Waals surface area (Å²) in [6.07, 6.45) is 6.61. The number of nitrogens with one attached hydrogen (secondary N) is 2. The van der Waals surface area contributed by atoms with Crippen LogP contribution in [-0.4, -0.2) is 40.1 Å². The zero-order valence-electron chi connectivity index (χ0n) is 13.6. The van der Waals surface area contributed by atoms with E-state index in [0.29, 0.717) is 23.1 Å². The number of benzene rings is 1. The molecule has 1 fully saturated rings. The maximum absolute atomic E-state index is 12.6. The normalized spacial score (nSPS) is 17.3. The number of hydrogen-bond donors (Lipinski definition) is 2. The molecule has 0 bridgehead atoms. The van der Waals surface area contributed by atoms with Crippen LogP contribution in [0.2, 0.25) is 0 Å². The van der Waals surface area contributed by atoms with Crippen molar-refractivity contribution in [1.82, 2.24) is 20.7 Å². The molecule has 23 heavy (non-hydrogen) atoms. The minimum Gasteiger partial charge on any atom is -0.373 e. The number of aromatic amines is 1. The van der Waals surface area contributed by atoms with Gasteiger partial charge in [0.25, 0.3) is 5.91 Å². The lowest BCUT2D eigenvalue weighted by molar-refractivity contribution is -0.0669. The van der Waals surface area contributed by atoms with Gasteiger partial charge < -0.3 is 10.1 Å². The second-order valence-corrected chi connectivity index (χ2v) is 6.27. The summed E-state index contributed by atoms with van der Waals surface area (Å²) in [6.45, 7) is 3.41. The highest BCUT2D eigenvalue weighted by Crippen LogP contribution is 2.31. The van der Waals surface area contributed by atoms with E-state index in [2.05, 4.69) is 27.7 Å². The molecule has 0 atom stereocenters. The molecular weight excluding hydrogens is 292 g/mol. The Kier molecular flexibility index (Phi) is 4.91. The van der Waals surface area contributed by atoms with Crippen LogP contribution in [0, 0.1) is 0 Å². The van der Waals surface area contributed by atoms with Crippen LogP contribution in [0.15, 0.2) is 18.2 Å². The van der Waals surface area contributed by atoms with E-state index in [1.54, 1.807) is 6.07 Å². The Morgan fingerprint density at radius 3 is 2.91 bits per heavy atom. The molecule has 0 unspecified atom stereocenters. The standard InChI is InChI=1S/C17H24N4O2/c1-2-11-23-17(9-4-3-5-10-17)12-18-16(22)13-7-6-8-14-15(13)20-21-19-14/h6-8H,2-5,9-12H2,1H3,(H,18,22)(H,19,20,21). The molecule has 1 saturated carbocycles. The largest absolute Gasteiger partial charge is 0.373 e. The van der Waals surface area contributed by atoms with Gasteiger partial charge in [0.15, 0.2) is 0 Å². The first kappa shape index (κ1) is 15.9. The summed E-state index contributed by atoms with van der Waals surface area (Å²) in [5.41, 5.74) is 1.66. The molecule has 124 valence electrons. The van der Waals surface area contributed by atoms with Crippen molar-refractivity contribution in [2.45, 2.75) is 51.0 Å². The lowest BCUT2D eigenvalue weighted by atomic mass is 9.84. The first-order chi connectivity index (χ1) is 11.2. The number of ether oxygens (including phenoxy) is 1. The third-order valence-corrected chi connectivity index (χ3v) is 4.54. The molecule has 1 amide bonds. The summed E-state index contributed by atoms with van der Waals surface area (Å²) in [5.74, 6) is -0.116. The summed E-state index contributed by atoms with van der Waals surface area (Å²) in [5, 5.41) is 13.7. The second-order valence-electron chi connectivity index (χ2n) is 6.27. The molecule has 1 aliphatic rings. The lowest BCUT2D eigenvalue weighted by Gasteiger charge is -2.37. The summed E-state index contributed by atoms with van der Waals surface area (Å²) >= 11 is 0. The van der Waals surface area contributed by atoms with Gasteiger partial charge in [0.05, 0.1) is 11.2 Å². The van der Waals surface area contributed by atoms with Crippen LogP contribution in [0.3, 0.4) is 0 Å². The van der Waals surface area contributed by atoms with Crippen molar-refractivity contribution in [3.8, 4) is 0 Å². The van der Waals surface area contributed by atoms with E-state index < -0.39 is 0 Å². The molecule has 1 aliphatic carbocycles. The van der Waals surface area contributed by atoms with Gasteiger partial charge in [0.2, 0.25) is 0 Å². The Labute approximate surface area is 136 Å². The van der Waals surface area contributed by atoms with Crippen LogP contribution < -0.4 is 5.32 Å². The zero-order valence-corrected chi connectivity index (χ0v) is 13.6. The molecule has 2 aromatic rings. The Hall–Kier alpha value is -1.95. The van der Waals surface area contributed by atoms with E-state index in [0.717, 1.165) is 25.9 Å². The van der Waals surface area contributed by atoms with Crippen LogP contribution >= 0.6 is 0 Å². The minimum absolute atomic E-state index is 0.116. The third-order valence-electron chi connectivity index (χ3n) is 4.54. The van der Waals surface area contributed by atoms with E-state index in [1.165, 1.54) is 19.3 Å². The smallest absolute Gasteiger partial charge is 0.253 e. The maximum Gasteiger partial charge on any atom is 0.253 e. The Balaban J connectivity index is 1.70. The van der Waals surface area contributed by atoms with E-state index in [9.17, 15) is 4.79 Å². The second kappa shape index (κ2) is 7.08. The highest BCUT2D eigenvalue weighted by atomic mass is 16.5. The number of rotatable bonds is 6. The van der Waals surface area contributed by atoms with Crippen LogP contribution in [-0.2, 0) is 4.74 Å². The maximum atomic E-state index is 12.6. The molecule has 1 aromatic carbocycles. The van der Waals surface area contributed by atoms with E-state index in [4.69, 9.17) is 4.74 Å². The molecule has 2 N–H and O–H groups in total. The summed E-state index contributed by atoms with van der Waals surface area (Å²) in [7, 11) is 0. The highest BCUT2D eigenvalue weighted by Gasteiger charge is 2.33. The van der Waals surface area contributed by atoms with E-state index >= 15 is 0 Å². The first-order valence-corrected chi connectivity index (χ1v) is 8.46. The van der Waals surface area contributed by atoms with Crippen molar-refractivity contribution in [2.75, 3.05) is 13.2 Å². The van der Waals surface area contributed by atoms with Gasteiger partial charge in [-0.15, -0.1) is 0 Å². The van der Waals surface area contributed by atoms with Crippen LogP contribution in [0.5, 0.6) is 0 Å². The van der Waals surface area contributed by atoms with Gasteiger partial charge >= 0.3 is 0 Å². The average molecular weight is 316 g/mol. The molecule has 6 heteroatoms. The Bertz CT molecular complexity index is 661. The minimum atomic E-state index is -0.207. The number of nitrogens with zero attached hydrogens (tertiary/aromatic N) is 2. The van der Waals surface area contributed by atoms with Gasteiger partial charge in [-0.2, -0.15) is 15.4 Å². The average Bonchev–Trinajstić information content (AvgIpc) is 3.07. The van der Waals surface area contributed by atoms with Gasteiger partial charge in [0, 0.05) is 13.2 Å². The van der Waals surface area contributed by atoms with Crippen molar-refractivity contribution >= 4 is 16.9 Å². The van der Waals surface area contributed by atoms with Crippen molar-refractivity contribution < 1.29 is 9.53 Å². The Morgan fingerprint density at radius 1 is 1.30 bits per heavy atom. The monoisotopic (exact) mass is 316 g/mol. The van der Waals surface area contributed by atoms with Crippen molar-refractivity contribution in [2.24, 2.45) is 0 Å². The van der Waals surface area contributed by atoms with Crippen LogP contribution in [0.4, 0.5) is 0 Å². The molecule has 0 spiro atoms. The van der Waals surface area contributed by atoms with E-state index in [-0.39, 0.29) is 11.5 Å². The first-order valence-electron chi connectivity index (χ1n) is 8.46. The molecule has 1 heterocycles. The number of amides is 1. The van der Waals surface area contributed by atoms with Crippen molar-refractivity contribution in [3.05, 3.63) is 23.8 Å². The van der Waals surface area contributed by atoms with Crippen molar-refractivity contribution in [3.63, 3.8) is 0 Å². The predicted molar refractivity (Wildman–Crippen MR) is 88.3 cm³/mol. The molecule has 0 saturated heterocycles. The fourth-order valence-electron chi connectivity index (χ4n) is 3.27. The quantitative estimate of drug-likeness (QED) is 0.859. The number of fused-ring (bicyclic) bond motifs is 1. The van der Waals surface area contributed by atoms with Crippen LogP contribution in [0.25, 0.3) is 11.0 Å². The fourth-order valence-corrected chi connectivity index (χ4v) is 3.27. The summed E-state index contributed by atoms with van der Waals surface area (Å²) < 4.78 is 6.13. The molecule has 6 nitrogen and oxygen atoms in total. The van der Waals surface area contributed by atoms with Gasteiger partial charge in [-0.3, -0.25) is 4.79 Å². The van der Waals surface area contributed by atoms with Gasteiger partial charge in [-0.1, -0.05) is 32.3 Å². The fraction of sp³-hybridized carbons (Fsp3) is 0.588. The highest BCUT2D eigenvalue weighted by molar-refractivity contribution is 6.04. The molecule has 3 rings (SSSR count).